The predicted molar refractivity (Wildman–Crippen MR) is 79.2 cm³/mol. The Morgan fingerprint density at radius 1 is 1.19 bits per heavy atom. The second-order valence-electron chi connectivity index (χ2n) is 6.43. The summed E-state index contributed by atoms with van der Waals surface area (Å²) in [7, 11) is 0. The fourth-order valence-electron chi connectivity index (χ4n) is 3.88. The van der Waals surface area contributed by atoms with Crippen LogP contribution in [0.5, 0.6) is 0 Å². The molecule has 1 saturated carbocycles. The summed E-state index contributed by atoms with van der Waals surface area (Å²) in [5.41, 5.74) is 0.615. The molecule has 0 spiro atoms. The molecule has 1 saturated heterocycles. The highest BCUT2D eigenvalue weighted by molar-refractivity contribution is 5.28. The maximum absolute atomic E-state index is 12.0. The van der Waals surface area contributed by atoms with Crippen LogP contribution in [-0.2, 0) is 0 Å². The zero-order valence-corrected chi connectivity index (χ0v) is 12.3. The van der Waals surface area contributed by atoms with Crippen molar-refractivity contribution >= 4 is 5.78 Å². The summed E-state index contributed by atoms with van der Waals surface area (Å²) in [4.78, 5) is 20.8. The van der Waals surface area contributed by atoms with Crippen LogP contribution in [0.2, 0.25) is 0 Å². The number of aryl methyl sites for hydroxylation is 1. The Kier molecular flexibility index (Phi) is 3.06. The highest BCUT2D eigenvalue weighted by atomic mass is 16.1. The first-order valence-electron chi connectivity index (χ1n) is 7.93. The van der Waals surface area contributed by atoms with Gasteiger partial charge in [0.25, 0.3) is 11.3 Å². The van der Waals surface area contributed by atoms with Crippen LogP contribution >= 0.6 is 0 Å². The molecule has 6 heteroatoms. The van der Waals surface area contributed by atoms with Crippen LogP contribution < -0.4 is 10.9 Å². The molecule has 3 atom stereocenters. The lowest BCUT2D eigenvalue weighted by Crippen LogP contribution is -2.45. The van der Waals surface area contributed by atoms with E-state index in [-0.39, 0.29) is 11.6 Å². The van der Waals surface area contributed by atoms with E-state index in [0.29, 0.717) is 17.5 Å². The zero-order chi connectivity index (χ0) is 14.4. The molecule has 0 bridgehead atoms. The zero-order valence-electron chi connectivity index (χ0n) is 12.3. The molecule has 3 heterocycles. The topological polar surface area (TPSA) is 75.1 Å². The van der Waals surface area contributed by atoms with Gasteiger partial charge in [-0.3, -0.25) is 9.89 Å². The van der Waals surface area contributed by atoms with Crippen molar-refractivity contribution < 1.29 is 0 Å². The lowest BCUT2D eigenvalue weighted by Gasteiger charge is -2.39. The molecule has 112 valence electrons. The minimum atomic E-state index is -0.0948. The monoisotopic (exact) mass is 287 g/mol. The second-order valence-corrected chi connectivity index (χ2v) is 6.43. The highest BCUT2D eigenvalue weighted by Gasteiger charge is 2.33. The van der Waals surface area contributed by atoms with Crippen LogP contribution in [0, 0.1) is 12.8 Å². The molecule has 2 fully saturated rings. The molecule has 1 aliphatic heterocycles. The van der Waals surface area contributed by atoms with E-state index in [1.54, 1.807) is 0 Å². The molecule has 0 radical (unpaired) electrons. The van der Waals surface area contributed by atoms with Gasteiger partial charge in [0, 0.05) is 17.8 Å². The SMILES string of the molecule is Cc1cc(=O)n2[nH]c(C3CCC4CCCCC4N3)nc2n1. The summed E-state index contributed by atoms with van der Waals surface area (Å²) < 4.78 is 1.44. The second kappa shape index (κ2) is 4.94. The van der Waals surface area contributed by atoms with Crippen LogP contribution in [0.3, 0.4) is 0 Å². The van der Waals surface area contributed by atoms with Crippen molar-refractivity contribution in [1.82, 2.24) is 24.9 Å². The smallest absolute Gasteiger partial charge is 0.274 e. The Bertz CT molecular complexity index is 718. The molecular formula is C15H21N5O. The third-order valence-corrected chi connectivity index (χ3v) is 4.96. The largest absolute Gasteiger partial charge is 0.304 e. The van der Waals surface area contributed by atoms with E-state index in [4.69, 9.17) is 0 Å². The van der Waals surface area contributed by atoms with Gasteiger partial charge in [0.05, 0.1) is 6.04 Å². The summed E-state index contributed by atoms with van der Waals surface area (Å²) in [6.07, 6.45) is 7.64. The third-order valence-electron chi connectivity index (χ3n) is 4.96. The van der Waals surface area contributed by atoms with E-state index in [9.17, 15) is 4.79 Å². The molecule has 4 rings (SSSR count). The summed E-state index contributed by atoms with van der Waals surface area (Å²) in [5, 5.41) is 6.85. The molecule has 0 amide bonds. The van der Waals surface area contributed by atoms with Crippen molar-refractivity contribution in [2.45, 2.75) is 57.5 Å². The molecule has 21 heavy (non-hydrogen) atoms. The minimum Gasteiger partial charge on any atom is -0.304 e. The van der Waals surface area contributed by atoms with Crippen molar-refractivity contribution in [2.24, 2.45) is 5.92 Å². The normalized spacial score (nSPS) is 29.5. The van der Waals surface area contributed by atoms with Crippen molar-refractivity contribution in [1.29, 1.82) is 0 Å². The maximum Gasteiger partial charge on any atom is 0.274 e. The van der Waals surface area contributed by atoms with Crippen molar-refractivity contribution in [3.8, 4) is 0 Å². The van der Waals surface area contributed by atoms with Crippen LogP contribution in [0.4, 0.5) is 0 Å². The summed E-state index contributed by atoms with van der Waals surface area (Å²) in [5.74, 6) is 2.14. The van der Waals surface area contributed by atoms with E-state index in [0.717, 1.165) is 18.2 Å². The molecule has 1 aliphatic carbocycles. The lowest BCUT2D eigenvalue weighted by molar-refractivity contribution is 0.173. The van der Waals surface area contributed by atoms with Crippen LogP contribution in [-0.4, -0.2) is 25.6 Å². The first kappa shape index (κ1) is 13.0. The first-order valence-corrected chi connectivity index (χ1v) is 7.93. The van der Waals surface area contributed by atoms with E-state index >= 15 is 0 Å². The lowest BCUT2D eigenvalue weighted by atomic mass is 9.77. The number of nitrogens with zero attached hydrogens (tertiary/aromatic N) is 3. The number of nitrogens with one attached hydrogen (secondary N) is 2. The van der Waals surface area contributed by atoms with Gasteiger partial charge in [-0.25, -0.2) is 4.98 Å². The maximum atomic E-state index is 12.0. The van der Waals surface area contributed by atoms with E-state index < -0.39 is 0 Å². The number of aromatic amines is 1. The molecule has 2 N–H and O–H groups in total. The molecule has 2 aromatic heterocycles. The molecular weight excluding hydrogens is 266 g/mol. The van der Waals surface area contributed by atoms with Crippen molar-refractivity contribution in [3.63, 3.8) is 0 Å². The molecule has 6 nitrogen and oxygen atoms in total. The fraction of sp³-hybridized carbons (Fsp3) is 0.667. The van der Waals surface area contributed by atoms with Gasteiger partial charge in [-0.1, -0.05) is 12.8 Å². The van der Waals surface area contributed by atoms with E-state index in [1.165, 1.54) is 42.7 Å². The Labute approximate surface area is 123 Å². The molecule has 3 unspecified atom stereocenters. The standard InChI is InChI=1S/C15H21N5O/c1-9-8-13(21)20-15(16-9)18-14(19-20)12-7-6-10-4-2-3-5-11(10)17-12/h8,10-12,17H,2-7H2,1H3,(H,16,18,19). The van der Waals surface area contributed by atoms with Crippen molar-refractivity contribution in [2.75, 3.05) is 0 Å². The Morgan fingerprint density at radius 3 is 2.95 bits per heavy atom. The van der Waals surface area contributed by atoms with E-state index in [2.05, 4.69) is 20.4 Å². The number of H-pyrrole nitrogens is 1. The Morgan fingerprint density at radius 2 is 2.05 bits per heavy atom. The molecule has 0 aromatic carbocycles. The van der Waals surface area contributed by atoms with Gasteiger partial charge >= 0.3 is 0 Å². The predicted octanol–water partition coefficient (Wildman–Crippen LogP) is 1.71. The number of hydrogen-bond donors (Lipinski definition) is 2. The quantitative estimate of drug-likeness (QED) is 0.837. The fourth-order valence-corrected chi connectivity index (χ4v) is 3.88. The van der Waals surface area contributed by atoms with Crippen LogP contribution in [0.15, 0.2) is 10.9 Å². The Balaban J connectivity index is 1.64. The number of aromatic nitrogens is 4. The highest BCUT2D eigenvalue weighted by Crippen LogP contribution is 2.35. The van der Waals surface area contributed by atoms with Gasteiger partial charge in [0.2, 0.25) is 0 Å². The third kappa shape index (κ3) is 2.27. The number of rotatable bonds is 1. The summed E-state index contributed by atoms with van der Waals surface area (Å²) in [6, 6.07) is 2.35. The van der Waals surface area contributed by atoms with Gasteiger partial charge in [0.15, 0.2) is 0 Å². The average molecular weight is 287 g/mol. The summed E-state index contributed by atoms with van der Waals surface area (Å²) in [6.45, 7) is 1.82. The van der Waals surface area contributed by atoms with Gasteiger partial charge in [-0.15, -0.1) is 0 Å². The van der Waals surface area contributed by atoms with Gasteiger partial charge < -0.3 is 5.32 Å². The summed E-state index contributed by atoms with van der Waals surface area (Å²) >= 11 is 0. The molecule has 2 aromatic rings. The number of piperidine rings is 1. The van der Waals surface area contributed by atoms with Gasteiger partial charge in [-0.05, 0) is 38.5 Å². The number of hydrogen-bond acceptors (Lipinski definition) is 4. The van der Waals surface area contributed by atoms with Crippen LogP contribution in [0.25, 0.3) is 5.78 Å². The molecule has 2 aliphatic rings. The first-order chi connectivity index (χ1) is 10.2. The number of fused-ring (bicyclic) bond motifs is 2. The Hall–Kier alpha value is -1.69. The van der Waals surface area contributed by atoms with Gasteiger partial charge in [-0.2, -0.15) is 9.50 Å². The van der Waals surface area contributed by atoms with E-state index in [1.807, 2.05) is 6.92 Å². The van der Waals surface area contributed by atoms with Crippen molar-refractivity contribution in [3.05, 3.63) is 27.9 Å². The van der Waals surface area contributed by atoms with Gasteiger partial charge in [0.1, 0.15) is 5.82 Å². The minimum absolute atomic E-state index is 0.0948. The average Bonchev–Trinajstić information content (AvgIpc) is 2.91. The van der Waals surface area contributed by atoms with Crippen LogP contribution in [0.1, 0.15) is 56.1 Å².